The number of aromatic nitrogens is 2. The van der Waals surface area contributed by atoms with E-state index >= 15 is 0 Å². The molecule has 0 radical (unpaired) electrons. The minimum Gasteiger partial charge on any atom is -0.437 e. The molecule has 4 aromatic carbocycles. The standard InChI is InChI=1S/C38H26N4O2/c1-2-15-31-25(9-1)20-21-26-10-5-13-29(36(26)40-31)30-14-6-11-27-22-23-28-12-7-16-32(38(28)42-37(27)30)43-34-18-8-19-35(41-34)44-33-17-3-4-24-39-33/h1-24,40,42H. The SMILES string of the molecule is C1=Cc2cccc(-c3cccc4c3Nc3c(cccc3Oc3cccc(Oc5ccccn5)n3)C=C4)c2Nc2ccccc21. The van der Waals surface area contributed by atoms with Crippen LogP contribution in [-0.4, -0.2) is 9.97 Å². The number of benzene rings is 4. The molecule has 0 spiro atoms. The van der Waals surface area contributed by atoms with Gasteiger partial charge in [0.1, 0.15) is 0 Å². The molecule has 0 saturated heterocycles. The van der Waals surface area contributed by atoms with Crippen LogP contribution in [0.1, 0.15) is 22.3 Å². The van der Waals surface area contributed by atoms with E-state index in [4.69, 9.17) is 9.47 Å². The summed E-state index contributed by atoms with van der Waals surface area (Å²) in [6, 6.07) is 38.1. The largest absolute Gasteiger partial charge is 0.437 e. The van der Waals surface area contributed by atoms with Crippen LogP contribution in [0.5, 0.6) is 23.4 Å². The van der Waals surface area contributed by atoms with E-state index in [9.17, 15) is 0 Å². The fraction of sp³-hybridized carbons (Fsp3) is 0. The number of hydrogen-bond acceptors (Lipinski definition) is 6. The van der Waals surface area contributed by atoms with E-state index in [1.165, 1.54) is 0 Å². The molecular formula is C38H26N4O2. The van der Waals surface area contributed by atoms with Gasteiger partial charge in [-0.05, 0) is 34.9 Å². The number of anilines is 4. The minimum atomic E-state index is 0.400. The van der Waals surface area contributed by atoms with Crippen molar-refractivity contribution in [2.45, 2.75) is 0 Å². The van der Waals surface area contributed by atoms with Crippen LogP contribution in [0.25, 0.3) is 35.4 Å². The zero-order valence-electron chi connectivity index (χ0n) is 23.6. The molecule has 4 heterocycles. The Bertz CT molecular complexity index is 2090. The third-order valence-electron chi connectivity index (χ3n) is 7.66. The van der Waals surface area contributed by atoms with E-state index in [0.29, 0.717) is 23.4 Å². The first-order valence-electron chi connectivity index (χ1n) is 14.4. The normalized spacial score (nSPS) is 12.3. The second-order valence-corrected chi connectivity index (χ2v) is 10.5. The van der Waals surface area contributed by atoms with Crippen molar-refractivity contribution >= 4 is 47.1 Å². The van der Waals surface area contributed by atoms with Crippen LogP contribution in [0, 0.1) is 0 Å². The Hall–Kier alpha value is -6.14. The summed E-state index contributed by atoms with van der Waals surface area (Å²) in [4.78, 5) is 8.80. The monoisotopic (exact) mass is 570 g/mol. The highest BCUT2D eigenvalue weighted by Crippen LogP contribution is 2.45. The maximum Gasteiger partial charge on any atom is 0.224 e. The van der Waals surface area contributed by atoms with Gasteiger partial charge in [0.25, 0.3) is 0 Å². The van der Waals surface area contributed by atoms with Gasteiger partial charge in [0, 0.05) is 46.8 Å². The van der Waals surface area contributed by atoms with Crippen molar-refractivity contribution in [3.63, 3.8) is 0 Å². The van der Waals surface area contributed by atoms with Gasteiger partial charge in [-0.3, -0.25) is 0 Å². The molecule has 2 aromatic heterocycles. The first kappa shape index (κ1) is 25.6. The summed E-state index contributed by atoms with van der Waals surface area (Å²) in [5.41, 5.74) is 10.5. The number of ether oxygens (including phenoxy) is 2. The summed E-state index contributed by atoms with van der Waals surface area (Å²) in [6.45, 7) is 0. The number of rotatable bonds is 5. The molecule has 0 fully saturated rings. The molecule has 2 N–H and O–H groups in total. The highest BCUT2D eigenvalue weighted by molar-refractivity contribution is 6.01. The lowest BCUT2D eigenvalue weighted by Gasteiger charge is -2.20. The zero-order chi connectivity index (χ0) is 29.3. The van der Waals surface area contributed by atoms with Crippen LogP contribution in [-0.2, 0) is 0 Å². The van der Waals surface area contributed by atoms with Gasteiger partial charge < -0.3 is 20.1 Å². The van der Waals surface area contributed by atoms with Crippen molar-refractivity contribution < 1.29 is 9.47 Å². The molecule has 0 unspecified atom stereocenters. The van der Waals surface area contributed by atoms with Crippen molar-refractivity contribution in [3.8, 4) is 34.5 Å². The second kappa shape index (κ2) is 10.9. The highest BCUT2D eigenvalue weighted by Gasteiger charge is 2.21. The lowest BCUT2D eigenvalue weighted by atomic mass is 9.96. The first-order valence-corrected chi connectivity index (χ1v) is 14.4. The van der Waals surface area contributed by atoms with Crippen LogP contribution in [0.2, 0.25) is 0 Å². The Morgan fingerprint density at radius 3 is 1.75 bits per heavy atom. The smallest absolute Gasteiger partial charge is 0.224 e. The van der Waals surface area contributed by atoms with Crippen LogP contribution in [0.3, 0.4) is 0 Å². The van der Waals surface area contributed by atoms with Gasteiger partial charge >= 0.3 is 0 Å². The molecule has 210 valence electrons. The summed E-state index contributed by atoms with van der Waals surface area (Å²) in [5, 5.41) is 7.47. The molecule has 8 rings (SSSR count). The molecule has 0 atom stereocenters. The van der Waals surface area contributed by atoms with Gasteiger partial charge in [0.2, 0.25) is 17.6 Å². The molecule has 6 aromatic rings. The number of nitrogens with one attached hydrogen (secondary N) is 2. The number of para-hydroxylation sites is 4. The molecule has 6 heteroatoms. The van der Waals surface area contributed by atoms with Gasteiger partial charge in [-0.1, -0.05) is 103 Å². The predicted molar refractivity (Wildman–Crippen MR) is 178 cm³/mol. The lowest BCUT2D eigenvalue weighted by molar-refractivity contribution is 0.418. The van der Waals surface area contributed by atoms with E-state index in [-0.39, 0.29) is 0 Å². The highest BCUT2D eigenvalue weighted by atomic mass is 16.5. The molecular weight excluding hydrogens is 544 g/mol. The number of fused-ring (bicyclic) bond motifs is 4. The van der Waals surface area contributed by atoms with E-state index in [1.54, 1.807) is 18.3 Å². The van der Waals surface area contributed by atoms with Crippen LogP contribution in [0.4, 0.5) is 22.7 Å². The Kier molecular flexibility index (Phi) is 6.35. The number of nitrogens with zero attached hydrogens (tertiary/aromatic N) is 2. The Labute approximate surface area is 255 Å². The zero-order valence-corrected chi connectivity index (χ0v) is 23.6. The van der Waals surface area contributed by atoms with Crippen LogP contribution < -0.4 is 20.1 Å². The summed E-state index contributed by atoms with van der Waals surface area (Å²) in [6.07, 6.45) is 10.3. The molecule has 44 heavy (non-hydrogen) atoms. The molecule has 2 aliphatic heterocycles. The summed E-state index contributed by atoms with van der Waals surface area (Å²) in [7, 11) is 0. The van der Waals surface area contributed by atoms with Crippen molar-refractivity contribution in [2.75, 3.05) is 10.6 Å². The van der Waals surface area contributed by atoms with Crippen LogP contribution >= 0.6 is 0 Å². The fourth-order valence-electron chi connectivity index (χ4n) is 5.56. The second-order valence-electron chi connectivity index (χ2n) is 10.5. The third-order valence-corrected chi connectivity index (χ3v) is 7.66. The maximum atomic E-state index is 6.39. The third kappa shape index (κ3) is 4.84. The van der Waals surface area contributed by atoms with E-state index in [1.807, 2.05) is 36.4 Å². The Morgan fingerprint density at radius 1 is 0.432 bits per heavy atom. The topological polar surface area (TPSA) is 68.3 Å². The van der Waals surface area contributed by atoms with E-state index < -0.39 is 0 Å². The van der Waals surface area contributed by atoms with Crippen molar-refractivity contribution in [1.82, 2.24) is 9.97 Å². The van der Waals surface area contributed by atoms with Gasteiger partial charge in [-0.25, -0.2) is 4.98 Å². The minimum absolute atomic E-state index is 0.400. The predicted octanol–water partition coefficient (Wildman–Crippen LogP) is 10.2. The van der Waals surface area contributed by atoms with E-state index in [0.717, 1.165) is 56.1 Å². The lowest BCUT2D eigenvalue weighted by Crippen LogP contribution is -2.01. The quantitative estimate of drug-likeness (QED) is 0.215. The molecule has 0 amide bonds. The van der Waals surface area contributed by atoms with Gasteiger partial charge in [-0.15, -0.1) is 0 Å². The number of pyridine rings is 2. The Morgan fingerprint density at radius 2 is 1.00 bits per heavy atom. The first-order chi connectivity index (χ1) is 21.8. The maximum absolute atomic E-state index is 6.39. The average Bonchev–Trinajstić information content (AvgIpc) is 3.38. The average molecular weight is 571 g/mol. The summed E-state index contributed by atoms with van der Waals surface area (Å²) in [5.74, 6) is 1.93. The summed E-state index contributed by atoms with van der Waals surface area (Å²) < 4.78 is 12.2. The fourth-order valence-corrected chi connectivity index (χ4v) is 5.56. The molecule has 6 nitrogen and oxygen atoms in total. The van der Waals surface area contributed by atoms with Gasteiger partial charge in [-0.2, -0.15) is 4.98 Å². The molecule has 0 aliphatic carbocycles. The van der Waals surface area contributed by atoms with Crippen LogP contribution in [0.15, 0.2) is 121 Å². The van der Waals surface area contributed by atoms with Crippen molar-refractivity contribution in [1.29, 1.82) is 0 Å². The molecule has 2 aliphatic rings. The van der Waals surface area contributed by atoms with Gasteiger partial charge in [0.05, 0.1) is 17.1 Å². The van der Waals surface area contributed by atoms with Gasteiger partial charge in [0.15, 0.2) is 5.75 Å². The van der Waals surface area contributed by atoms with Crippen molar-refractivity contribution in [2.24, 2.45) is 0 Å². The van der Waals surface area contributed by atoms with E-state index in [2.05, 4.69) is 112 Å². The summed E-state index contributed by atoms with van der Waals surface area (Å²) >= 11 is 0. The molecule has 0 bridgehead atoms. The molecule has 0 saturated carbocycles. The number of hydrogen-bond donors (Lipinski definition) is 2. The van der Waals surface area contributed by atoms with Crippen molar-refractivity contribution in [3.05, 3.63) is 144 Å². The Balaban J connectivity index is 1.17.